The molecule has 0 saturated heterocycles. The smallest absolute Gasteiger partial charge is 0.264 e. The second-order valence-electron chi connectivity index (χ2n) is 10.8. The fourth-order valence-corrected chi connectivity index (χ4v) is 6.18. The molecule has 2 amide bonds. The number of aryl methyl sites for hydroxylation is 1. The minimum Gasteiger partial charge on any atom is -0.352 e. The Hall–Kier alpha value is -4.50. The number of benzene rings is 4. The van der Waals surface area contributed by atoms with Gasteiger partial charge in [0, 0.05) is 19.0 Å². The van der Waals surface area contributed by atoms with Crippen LogP contribution in [-0.2, 0) is 32.6 Å². The van der Waals surface area contributed by atoms with E-state index in [0.29, 0.717) is 17.7 Å². The van der Waals surface area contributed by atoms with Crippen molar-refractivity contribution in [2.75, 3.05) is 10.8 Å². The first-order valence-electron chi connectivity index (χ1n) is 14.6. The predicted octanol–water partition coefficient (Wildman–Crippen LogP) is 5.88. The normalized spacial score (nSPS) is 12.6. The fourth-order valence-electron chi connectivity index (χ4n) is 4.74. The van der Waals surface area contributed by atoms with Crippen molar-refractivity contribution >= 4 is 27.5 Å². The predicted molar refractivity (Wildman–Crippen MR) is 171 cm³/mol. The van der Waals surface area contributed by atoms with Gasteiger partial charge in [-0.15, -0.1) is 0 Å². The third-order valence-electron chi connectivity index (χ3n) is 7.47. The monoisotopic (exact) mass is 615 g/mol. The third-order valence-corrected chi connectivity index (χ3v) is 9.26. The van der Waals surface area contributed by atoms with Crippen LogP contribution in [-0.4, -0.2) is 43.8 Å². The topological polar surface area (TPSA) is 86.8 Å². The Kier molecular flexibility index (Phi) is 10.9. The van der Waals surface area contributed by atoms with Gasteiger partial charge in [0.15, 0.2) is 0 Å². The van der Waals surface area contributed by atoms with E-state index in [2.05, 4.69) is 5.32 Å². The largest absolute Gasteiger partial charge is 0.352 e. The molecule has 0 aliphatic carbocycles. The van der Waals surface area contributed by atoms with E-state index < -0.39 is 34.3 Å². The van der Waals surface area contributed by atoms with Crippen molar-refractivity contribution in [3.05, 3.63) is 132 Å². The molecule has 0 bridgehead atoms. The Morgan fingerprint density at radius 1 is 0.818 bits per heavy atom. The maximum Gasteiger partial charge on any atom is 0.264 e. The summed E-state index contributed by atoms with van der Waals surface area (Å²) in [6.45, 7) is 5.14. The maximum absolute atomic E-state index is 14.4. The molecule has 0 aliphatic rings. The Morgan fingerprint density at radius 2 is 1.41 bits per heavy atom. The Balaban J connectivity index is 1.79. The van der Waals surface area contributed by atoms with Crippen molar-refractivity contribution in [1.82, 2.24) is 10.2 Å². The number of carbonyl (C=O) groups is 2. The summed E-state index contributed by atoms with van der Waals surface area (Å²) in [6.07, 6.45) is 0.887. The number of anilines is 1. The zero-order chi connectivity index (χ0) is 31.7. The summed E-state index contributed by atoms with van der Waals surface area (Å²) in [7, 11) is -4.17. The standard InChI is InChI=1S/C35H38FN3O4S/c1-4-27(3)37-35(41)33(23-28-11-7-5-8-12-28)38(24-29-17-19-30(36)20-18-29)34(40)25-39(31-21-15-26(2)16-22-31)44(42,43)32-13-9-6-10-14-32/h5-22,27,33H,4,23-25H2,1-3H3,(H,37,41). The highest BCUT2D eigenvalue weighted by Gasteiger charge is 2.35. The average Bonchev–Trinajstić information content (AvgIpc) is 3.03. The minimum absolute atomic E-state index is 0.0301. The van der Waals surface area contributed by atoms with Crippen LogP contribution >= 0.6 is 0 Å². The van der Waals surface area contributed by atoms with E-state index in [0.717, 1.165) is 15.4 Å². The molecule has 9 heteroatoms. The van der Waals surface area contributed by atoms with E-state index in [1.807, 2.05) is 51.1 Å². The quantitative estimate of drug-likeness (QED) is 0.203. The van der Waals surface area contributed by atoms with Gasteiger partial charge >= 0.3 is 0 Å². The van der Waals surface area contributed by atoms with Crippen molar-refractivity contribution in [3.63, 3.8) is 0 Å². The molecule has 0 spiro atoms. The molecule has 0 radical (unpaired) electrons. The summed E-state index contributed by atoms with van der Waals surface area (Å²) in [5.74, 6) is -1.36. The number of nitrogens with one attached hydrogen (secondary N) is 1. The van der Waals surface area contributed by atoms with E-state index in [-0.39, 0.29) is 29.8 Å². The van der Waals surface area contributed by atoms with Gasteiger partial charge in [0.25, 0.3) is 10.0 Å². The van der Waals surface area contributed by atoms with Crippen molar-refractivity contribution < 1.29 is 22.4 Å². The first kappa shape index (κ1) is 32.4. The van der Waals surface area contributed by atoms with Crippen molar-refractivity contribution in [1.29, 1.82) is 0 Å². The van der Waals surface area contributed by atoms with Crippen LogP contribution in [0.25, 0.3) is 0 Å². The van der Waals surface area contributed by atoms with Crippen LogP contribution in [0.15, 0.2) is 114 Å². The van der Waals surface area contributed by atoms with E-state index in [1.54, 1.807) is 54.6 Å². The lowest BCUT2D eigenvalue weighted by molar-refractivity contribution is -0.140. The van der Waals surface area contributed by atoms with Crippen LogP contribution in [0.2, 0.25) is 0 Å². The van der Waals surface area contributed by atoms with Gasteiger partial charge in [-0.05, 0) is 67.8 Å². The van der Waals surface area contributed by atoms with E-state index >= 15 is 0 Å². The van der Waals surface area contributed by atoms with E-state index in [9.17, 15) is 22.4 Å². The minimum atomic E-state index is -4.17. The molecular formula is C35H38FN3O4S. The molecule has 4 aromatic carbocycles. The SMILES string of the molecule is CCC(C)NC(=O)C(Cc1ccccc1)N(Cc1ccc(F)cc1)C(=O)CN(c1ccc(C)cc1)S(=O)(=O)c1ccccc1. The third kappa shape index (κ3) is 8.32. The maximum atomic E-state index is 14.4. The highest BCUT2D eigenvalue weighted by Crippen LogP contribution is 2.25. The number of halogens is 1. The molecule has 0 fully saturated rings. The molecule has 0 saturated carbocycles. The second-order valence-corrected chi connectivity index (χ2v) is 12.7. The lowest BCUT2D eigenvalue weighted by atomic mass is 10.0. The second kappa shape index (κ2) is 14.8. The molecule has 7 nitrogen and oxygen atoms in total. The summed E-state index contributed by atoms with van der Waals surface area (Å²) in [4.78, 5) is 29.7. The lowest BCUT2D eigenvalue weighted by Gasteiger charge is -2.34. The van der Waals surface area contributed by atoms with Gasteiger partial charge in [0.05, 0.1) is 10.6 Å². The van der Waals surface area contributed by atoms with Crippen LogP contribution in [0, 0.1) is 12.7 Å². The van der Waals surface area contributed by atoms with Gasteiger partial charge in [-0.1, -0.05) is 85.3 Å². The zero-order valence-electron chi connectivity index (χ0n) is 25.2. The number of hydrogen-bond acceptors (Lipinski definition) is 4. The molecule has 0 aliphatic heterocycles. The lowest BCUT2D eigenvalue weighted by Crippen LogP contribution is -2.54. The van der Waals surface area contributed by atoms with E-state index in [1.165, 1.54) is 29.2 Å². The summed E-state index contributed by atoms with van der Waals surface area (Å²) in [5.41, 5.74) is 2.68. The average molecular weight is 616 g/mol. The first-order valence-corrected chi connectivity index (χ1v) is 16.0. The Morgan fingerprint density at radius 3 is 2.00 bits per heavy atom. The van der Waals surface area contributed by atoms with Gasteiger partial charge in [-0.2, -0.15) is 0 Å². The van der Waals surface area contributed by atoms with Crippen molar-refractivity contribution in [3.8, 4) is 0 Å². The molecule has 4 aromatic rings. The van der Waals surface area contributed by atoms with Crippen LogP contribution in [0.5, 0.6) is 0 Å². The van der Waals surface area contributed by atoms with Crippen LogP contribution < -0.4 is 9.62 Å². The molecule has 4 rings (SSSR count). The molecule has 1 N–H and O–H groups in total. The first-order chi connectivity index (χ1) is 21.1. The molecule has 230 valence electrons. The van der Waals surface area contributed by atoms with Crippen molar-refractivity contribution in [2.45, 2.75) is 57.1 Å². The van der Waals surface area contributed by atoms with Gasteiger partial charge in [0.1, 0.15) is 18.4 Å². The zero-order valence-corrected chi connectivity index (χ0v) is 26.0. The number of amides is 2. The molecular weight excluding hydrogens is 577 g/mol. The van der Waals surface area contributed by atoms with Gasteiger partial charge in [-0.25, -0.2) is 12.8 Å². The van der Waals surface area contributed by atoms with Crippen LogP contribution in [0.3, 0.4) is 0 Å². The molecule has 2 atom stereocenters. The number of hydrogen-bond donors (Lipinski definition) is 1. The van der Waals surface area contributed by atoms with Crippen LogP contribution in [0.1, 0.15) is 37.0 Å². The number of nitrogens with zero attached hydrogens (tertiary/aromatic N) is 2. The summed E-state index contributed by atoms with van der Waals surface area (Å²) >= 11 is 0. The van der Waals surface area contributed by atoms with E-state index in [4.69, 9.17) is 0 Å². The van der Waals surface area contributed by atoms with Crippen molar-refractivity contribution in [2.24, 2.45) is 0 Å². The fraction of sp³-hybridized carbons (Fsp3) is 0.257. The highest BCUT2D eigenvalue weighted by molar-refractivity contribution is 7.92. The summed E-state index contributed by atoms with van der Waals surface area (Å²) < 4.78 is 42.8. The Bertz CT molecular complexity index is 1630. The van der Waals surface area contributed by atoms with Crippen LogP contribution in [0.4, 0.5) is 10.1 Å². The molecule has 0 heterocycles. The Labute approximate surface area is 259 Å². The highest BCUT2D eigenvalue weighted by atomic mass is 32.2. The molecule has 2 unspecified atom stereocenters. The van der Waals surface area contributed by atoms with Gasteiger partial charge < -0.3 is 10.2 Å². The van der Waals surface area contributed by atoms with Gasteiger partial charge in [-0.3, -0.25) is 13.9 Å². The molecule has 44 heavy (non-hydrogen) atoms. The number of rotatable bonds is 13. The summed E-state index contributed by atoms with van der Waals surface area (Å²) in [5, 5.41) is 3.00. The number of sulfonamides is 1. The summed E-state index contributed by atoms with van der Waals surface area (Å²) in [6, 6.07) is 28.7. The number of carbonyl (C=O) groups excluding carboxylic acids is 2. The van der Waals surface area contributed by atoms with Gasteiger partial charge in [0.2, 0.25) is 11.8 Å². The molecule has 0 aromatic heterocycles.